The number of ether oxygens (including phenoxy) is 1. The minimum Gasteiger partial charge on any atom is -0.493 e. The number of hydrogen-bond acceptors (Lipinski definition) is 2. The second kappa shape index (κ2) is 7.68. The highest BCUT2D eigenvalue weighted by molar-refractivity contribution is 5.94. The zero-order valence-electron chi connectivity index (χ0n) is 12.4. The summed E-state index contributed by atoms with van der Waals surface area (Å²) in [7, 11) is 1.72. The molecule has 4 heteroatoms. The minimum atomic E-state index is -0.255. The number of nitrogens with zero attached hydrogens (tertiary/aromatic N) is 1. The summed E-state index contributed by atoms with van der Waals surface area (Å²) in [5.41, 5.74) is 0.591. The Kier molecular flexibility index (Phi) is 6.22. The molecule has 0 spiro atoms. The van der Waals surface area contributed by atoms with Crippen LogP contribution in [0.1, 0.15) is 26.7 Å². The van der Waals surface area contributed by atoms with Crippen molar-refractivity contribution in [2.75, 3.05) is 13.7 Å². The van der Waals surface area contributed by atoms with Crippen molar-refractivity contribution >= 4 is 5.91 Å². The van der Waals surface area contributed by atoms with Gasteiger partial charge in [-0.3, -0.25) is 4.79 Å². The number of rotatable bonds is 6. The lowest BCUT2D eigenvalue weighted by molar-refractivity contribution is -0.127. The molecule has 0 aromatic rings. The molecule has 110 valence electrons. The van der Waals surface area contributed by atoms with E-state index >= 15 is 0 Å². The van der Waals surface area contributed by atoms with Crippen molar-refractivity contribution in [3.8, 4) is 0 Å². The van der Waals surface area contributed by atoms with Gasteiger partial charge in [-0.05, 0) is 38.0 Å². The lowest BCUT2D eigenvalue weighted by atomic mass is 10.0. The van der Waals surface area contributed by atoms with Crippen LogP contribution in [0.25, 0.3) is 0 Å². The maximum absolute atomic E-state index is 13.0. The van der Waals surface area contributed by atoms with Gasteiger partial charge in [-0.15, -0.1) is 0 Å². The fourth-order valence-electron chi connectivity index (χ4n) is 2.09. The fourth-order valence-corrected chi connectivity index (χ4v) is 2.09. The Labute approximate surface area is 120 Å². The molecule has 0 bridgehead atoms. The number of hydrogen-bond donors (Lipinski definition) is 0. The molecule has 3 nitrogen and oxygen atoms in total. The largest absolute Gasteiger partial charge is 0.493 e. The lowest BCUT2D eigenvalue weighted by Crippen LogP contribution is -2.37. The van der Waals surface area contributed by atoms with Crippen molar-refractivity contribution in [1.82, 2.24) is 4.90 Å². The Morgan fingerprint density at radius 2 is 2.30 bits per heavy atom. The Morgan fingerprint density at radius 3 is 2.75 bits per heavy atom. The van der Waals surface area contributed by atoms with Crippen LogP contribution in [-0.2, 0) is 9.53 Å². The summed E-state index contributed by atoms with van der Waals surface area (Å²) in [5, 5.41) is 0. The van der Waals surface area contributed by atoms with Crippen LogP contribution in [-0.4, -0.2) is 30.5 Å². The standard InChI is InChI=1S/C16H22FNO2/c1-5-14(15(6-2)20-7-3)16(19)18(4)13-10-8-12(17)9-11-13/h6,8-10,13H,2,5,7,11H2,1,3-4H3/b15-14+. The Bertz CT molecular complexity index is 463. The average molecular weight is 279 g/mol. The van der Waals surface area contributed by atoms with Gasteiger partial charge in [0.1, 0.15) is 11.6 Å². The molecule has 1 aliphatic rings. The first-order valence-electron chi connectivity index (χ1n) is 6.84. The topological polar surface area (TPSA) is 29.5 Å². The van der Waals surface area contributed by atoms with E-state index in [0.717, 1.165) is 0 Å². The van der Waals surface area contributed by atoms with Crippen LogP contribution in [0.15, 0.2) is 48.0 Å². The zero-order chi connectivity index (χ0) is 15.1. The summed E-state index contributed by atoms with van der Waals surface area (Å²) in [6.45, 7) is 7.94. The van der Waals surface area contributed by atoms with Crippen LogP contribution in [0.4, 0.5) is 4.39 Å². The molecule has 0 N–H and O–H groups in total. The fraction of sp³-hybridized carbons (Fsp3) is 0.438. The predicted octanol–water partition coefficient (Wildman–Crippen LogP) is 3.51. The minimum absolute atomic E-state index is 0.110. The van der Waals surface area contributed by atoms with E-state index in [0.29, 0.717) is 30.8 Å². The van der Waals surface area contributed by atoms with Crippen molar-refractivity contribution in [3.05, 3.63) is 48.0 Å². The van der Waals surface area contributed by atoms with E-state index in [2.05, 4.69) is 6.58 Å². The van der Waals surface area contributed by atoms with Crippen molar-refractivity contribution in [2.45, 2.75) is 32.7 Å². The smallest absolute Gasteiger partial charge is 0.253 e. The molecule has 1 rings (SSSR count). The van der Waals surface area contributed by atoms with Crippen LogP contribution in [0, 0.1) is 0 Å². The van der Waals surface area contributed by atoms with Gasteiger partial charge >= 0.3 is 0 Å². The van der Waals surface area contributed by atoms with Gasteiger partial charge in [0, 0.05) is 7.05 Å². The molecule has 1 aliphatic carbocycles. The second-order valence-corrected chi connectivity index (χ2v) is 4.50. The summed E-state index contributed by atoms with van der Waals surface area (Å²) in [6.07, 6.45) is 7.19. The van der Waals surface area contributed by atoms with Crippen LogP contribution in [0.3, 0.4) is 0 Å². The predicted molar refractivity (Wildman–Crippen MR) is 78.6 cm³/mol. The van der Waals surface area contributed by atoms with E-state index in [1.807, 2.05) is 13.8 Å². The molecular weight excluding hydrogens is 257 g/mol. The van der Waals surface area contributed by atoms with E-state index in [1.54, 1.807) is 24.1 Å². The van der Waals surface area contributed by atoms with E-state index in [9.17, 15) is 9.18 Å². The molecule has 0 aliphatic heterocycles. The van der Waals surface area contributed by atoms with E-state index in [4.69, 9.17) is 4.74 Å². The molecule has 0 saturated carbocycles. The van der Waals surface area contributed by atoms with Crippen LogP contribution >= 0.6 is 0 Å². The summed E-state index contributed by atoms with van der Waals surface area (Å²) in [6, 6.07) is -0.128. The molecule has 20 heavy (non-hydrogen) atoms. The van der Waals surface area contributed by atoms with Crippen LogP contribution < -0.4 is 0 Å². The first-order valence-corrected chi connectivity index (χ1v) is 6.84. The number of allylic oxidation sites excluding steroid dienone is 3. The molecule has 0 saturated heterocycles. The zero-order valence-corrected chi connectivity index (χ0v) is 12.4. The maximum atomic E-state index is 13.0. The molecule has 0 radical (unpaired) electrons. The molecule has 0 heterocycles. The van der Waals surface area contributed by atoms with E-state index in [-0.39, 0.29) is 17.8 Å². The van der Waals surface area contributed by atoms with Crippen molar-refractivity contribution in [3.63, 3.8) is 0 Å². The Balaban J connectivity index is 2.91. The normalized spacial score (nSPS) is 19.0. The second-order valence-electron chi connectivity index (χ2n) is 4.50. The molecule has 1 amide bonds. The van der Waals surface area contributed by atoms with Gasteiger partial charge in [0.2, 0.25) is 0 Å². The summed E-state index contributed by atoms with van der Waals surface area (Å²) in [5.74, 6) is 0.157. The van der Waals surface area contributed by atoms with Gasteiger partial charge < -0.3 is 9.64 Å². The van der Waals surface area contributed by atoms with E-state index in [1.165, 1.54) is 12.2 Å². The third kappa shape index (κ3) is 3.83. The highest BCUT2D eigenvalue weighted by Gasteiger charge is 2.23. The van der Waals surface area contributed by atoms with Crippen molar-refractivity contribution < 1.29 is 13.9 Å². The Hall–Kier alpha value is -1.84. The quantitative estimate of drug-likeness (QED) is 0.423. The van der Waals surface area contributed by atoms with Crippen LogP contribution in [0.2, 0.25) is 0 Å². The van der Waals surface area contributed by atoms with Gasteiger partial charge in [0.05, 0.1) is 18.2 Å². The highest BCUT2D eigenvalue weighted by Crippen LogP contribution is 2.20. The van der Waals surface area contributed by atoms with Gasteiger partial charge in [-0.2, -0.15) is 0 Å². The molecule has 1 unspecified atom stereocenters. The third-order valence-corrected chi connectivity index (χ3v) is 3.24. The maximum Gasteiger partial charge on any atom is 0.253 e. The number of halogens is 1. The highest BCUT2D eigenvalue weighted by atomic mass is 19.1. The van der Waals surface area contributed by atoms with Crippen molar-refractivity contribution in [2.24, 2.45) is 0 Å². The van der Waals surface area contributed by atoms with Gasteiger partial charge in [-0.25, -0.2) is 4.39 Å². The Morgan fingerprint density at radius 1 is 1.60 bits per heavy atom. The molecule has 0 fully saturated rings. The van der Waals surface area contributed by atoms with E-state index < -0.39 is 0 Å². The van der Waals surface area contributed by atoms with Crippen LogP contribution in [0.5, 0.6) is 0 Å². The first kappa shape index (κ1) is 16.2. The summed E-state index contributed by atoms with van der Waals surface area (Å²) in [4.78, 5) is 14.1. The number of carbonyl (C=O) groups excluding carboxylic acids is 1. The van der Waals surface area contributed by atoms with Gasteiger partial charge in [-0.1, -0.05) is 19.6 Å². The molecular formula is C16H22FNO2. The monoisotopic (exact) mass is 279 g/mol. The summed E-state index contributed by atoms with van der Waals surface area (Å²) < 4.78 is 18.4. The third-order valence-electron chi connectivity index (χ3n) is 3.24. The summed E-state index contributed by atoms with van der Waals surface area (Å²) >= 11 is 0. The number of likely N-dealkylation sites (N-methyl/N-ethyl adjacent to an activating group) is 1. The lowest BCUT2D eigenvalue weighted by Gasteiger charge is -2.27. The first-order chi connectivity index (χ1) is 9.54. The molecule has 0 aromatic carbocycles. The SMILES string of the molecule is C=C/C(OCC)=C(/CC)C(=O)N(C)C1C=CC(F)=CC1. The molecule has 0 aromatic heterocycles. The van der Waals surface area contributed by atoms with Gasteiger partial charge in [0.25, 0.3) is 5.91 Å². The number of amides is 1. The van der Waals surface area contributed by atoms with Gasteiger partial charge in [0.15, 0.2) is 0 Å². The molecule has 1 atom stereocenters. The van der Waals surface area contributed by atoms with Crippen molar-refractivity contribution in [1.29, 1.82) is 0 Å². The number of carbonyl (C=O) groups is 1. The average Bonchev–Trinajstić information content (AvgIpc) is 2.46.